The Morgan fingerprint density at radius 3 is 2.73 bits per heavy atom. The molecule has 0 radical (unpaired) electrons. The van der Waals surface area contributed by atoms with Crippen molar-refractivity contribution >= 4 is 23.3 Å². The van der Waals surface area contributed by atoms with E-state index in [0.717, 1.165) is 0 Å². The number of nitrogens with one attached hydrogen (secondary N) is 1. The molecule has 1 amide bonds. The lowest BCUT2D eigenvalue weighted by atomic mass is 10.6. The van der Waals surface area contributed by atoms with Gasteiger partial charge in [-0.2, -0.15) is 0 Å². The Morgan fingerprint density at radius 2 is 2.18 bits per heavy atom. The maximum Gasteiger partial charge on any atom is 0.222 e. The Morgan fingerprint density at radius 1 is 1.55 bits per heavy atom. The van der Waals surface area contributed by atoms with E-state index in [1.54, 1.807) is 0 Å². The summed E-state index contributed by atoms with van der Waals surface area (Å²) >= 11 is 5.58. The van der Waals surface area contributed by atoms with Crippen molar-refractivity contribution in [3.63, 3.8) is 0 Å². The van der Waals surface area contributed by atoms with Crippen LogP contribution in [0.3, 0.4) is 0 Å². The highest BCUT2D eigenvalue weighted by molar-refractivity contribution is 6.32. The van der Waals surface area contributed by atoms with Crippen molar-refractivity contribution in [1.29, 1.82) is 0 Å². The van der Waals surface area contributed by atoms with Crippen molar-refractivity contribution in [3.8, 4) is 0 Å². The van der Waals surface area contributed by atoms with E-state index in [9.17, 15) is 4.79 Å². The van der Waals surface area contributed by atoms with Crippen LogP contribution in [0.5, 0.6) is 0 Å². The molecule has 0 aromatic carbocycles. The molecule has 5 heteroatoms. The molecular weight excluding hydrogens is 166 g/mol. The zero-order valence-electron chi connectivity index (χ0n) is 5.84. The second-order valence-electron chi connectivity index (χ2n) is 1.88. The van der Waals surface area contributed by atoms with Gasteiger partial charge in [0.05, 0.1) is 0 Å². The fourth-order valence-electron chi connectivity index (χ4n) is 0.572. The van der Waals surface area contributed by atoms with Gasteiger partial charge in [-0.3, -0.25) is 4.79 Å². The SMILES string of the molecule is CC(=O)Nc1nccnc1Cl. The average Bonchev–Trinajstić information content (AvgIpc) is 1.93. The van der Waals surface area contributed by atoms with Crippen molar-refractivity contribution in [2.24, 2.45) is 0 Å². The number of anilines is 1. The lowest BCUT2D eigenvalue weighted by Crippen LogP contribution is -2.08. The number of hydrogen-bond donors (Lipinski definition) is 1. The average molecular weight is 172 g/mol. The first-order valence-corrected chi connectivity index (χ1v) is 3.32. The molecule has 0 saturated carbocycles. The van der Waals surface area contributed by atoms with Gasteiger partial charge in [0, 0.05) is 19.3 Å². The van der Waals surface area contributed by atoms with Gasteiger partial charge in [-0.15, -0.1) is 0 Å². The minimum atomic E-state index is -0.215. The second kappa shape index (κ2) is 3.30. The van der Waals surface area contributed by atoms with E-state index in [2.05, 4.69) is 15.3 Å². The number of carbonyl (C=O) groups is 1. The Balaban J connectivity index is 2.86. The topological polar surface area (TPSA) is 54.9 Å². The molecule has 4 nitrogen and oxygen atoms in total. The number of nitrogens with zero attached hydrogens (tertiary/aromatic N) is 2. The van der Waals surface area contributed by atoms with E-state index in [-0.39, 0.29) is 11.1 Å². The van der Waals surface area contributed by atoms with Crippen LogP contribution in [0.4, 0.5) is 5.82 Å². The van der Waals surface area contributed by atoms with Gasteiger partial charge in [-0.25, -0.2) is 9.97 Å². The van der Waals surface area contributed by atoms with Crippen LogP contribution in [0, 0.1) is 0 Å². The fourth-order valence-corrected chi connectivity index (χ4v) is 0.724. The zero-order chi connectivity index (χ0) is 8.27. The third-order valence-corrected chi connectivity index (χ3v) is 1.22. The molecule has 1 aromatic heterocycles. The first kappa shape index (κ1) is 7.94. The molecule has 1 rings (SSSR count). The Hall–Kier alpha value is -1.16. The maximum absolute atomic E-state index is 10.5. The first-order valence-electron chi connectivity index (χ1n) is 2.94. The van der Waals surface area contributed by atoms with Crippen molar-refractivity contribution in [2.75, 3.05) is 5.32 Å². The van der Waals surface area contributed by atoms with Gasteiger partial charge < -0.3 is 5.32 Å². The summed E-state index contributed by atoms with van der Waals surface area (Å²) in [6, 6.07) is 0. The quantitative estimate of drug-likeness (QED) is 0.688. The highest BCUT2D eigenvalue weighted by Crippen LogP contribution is 2.13. The Kier molecular flexibility index (Phi) is 2.38. The van der Waals surface area contributed by atoms with Crippen molar-refractivity contribution in [3.05, 3.63) is 17.5 Å². The Bertz CT molecular complexity index is 276. The molecule has 0 unspecified atom stereocenters. The molecule has 1 heterocycles. The number of hydrogen-bond acceptors (Lipinski definition) is 3. The van der Waals surface area contributed by atoms with Crippen LogP contribution in [-0.2, 0) is 4.79 Å². The van der Waals surface area contributed by atoms with Gasteiger partial charge in [-0.1, -0.05) is 11.6 Å². The predicted octanol–water partition coefficient (Wildman–Crippen LogP) is 1.09. The molecule has 1 aromatic rings. The number of aromatic nitrogens is 2. The molecule has 0 spiro atoms. The molecule has 11 heavy (non-hydrogen) atoms. The molecule has 0 aliphatic heterocycles. The molecular formula is C6H6ClN3O. The third kappa shape index (κ3) is 2.16. The Labute approximate surface area is 68.6 Å². The largest absolute Gasteiger partial charge is 0.308 e. The summed E-state index contributed by atoms with van der Waals surface area (Å²) in [5, 5.41) is 2.63. The molecule has 58 valence electrons. The molecule has 0 fully saturated rings. The van der Waals surface area contributed by atoms with E-state index in [1.165, 1.54) is 19.3 Å². The van der Waals surface area contributed by atoms with Gasteiger partial charge in [0.2, 0.25) is 5.91 Å². The van der Waals surface area contributed by atoms with Gasteiger partial charge in [0.15, 0.2) is 11.0 Å². The van der Waals surface area contributed by atoms with E-state index < -0.39 is 0 Å². The van der Waals surface area contributed by atoms with Crippen molar-refractivity contribution in [2.45, 2.75) is 6.92 Å². The lowest BCUT2D eigenvalue weighted by Gasteiger charge is -1.99. The highest BCUT2D eigenvalue weighted by Gasteiger charge is 2.01. The standard InChI is InChI=1S/C6H6ClN3O/c1-4(11)10-6-5(7)8-2-3-9-6/h2-3H,1H3,(H,9,10,11). The maximum atomic E-state index is 10.5. The molecule has 1 N–H and O–H groups in total. The van der Waals surface area contributed by atoms with E-state index in [0.29, 0.717) is 5.82 Å². The number of rotatable bonds is 1. The molecule has 0 bridgehead atoms. The number of carbonyl (C=O) groups excluding carboxylic acids is 1. The third-order valence-electron chi connectivity index (χ3n) is 0.948. The van der Waals surface area contributed by atoms with Gasteiger partial charge >= 0.3 is 0 Å². The summed E-state index contributed by atoms with van der Waals surface area (Å²) in [7, 11) is 0. The van der Waals surface area contributed by atoms with Crippen LogP contribution in [-0.4, -0.2) is 15.9 Å². The summed E-state index contributed by atoms with van der Waals surface area (Å²) in [5.41, 5.74) is 0. The van der Waals surface area contributed by atoms with E-state index in [4.69, 9.17) is 11.6 Å². The van der Waals surface area contributed by atoms with Gasteiger partial charge in [0.25, 0.3) is 0 Å². The van der Waals surface area contributed by atoms with Gasteiger partial charge in [0.1, 0.15) is 0 Å². The van der Waals surface area contributed by atoms with Crippen LogP contribution >= 0.6 is 11.6 Å². The number of halogens is 1. The van der Waals surface area contributed by atoms with Crippen molar-refractivity contribution < 1.29 is 4.79 Å². The smallest absolute Gasteiger partial charge is 0.222 e. The van der Waals surface area contributed by atoms with Crippen LogP contribution in [0.15, 0.2) is 12.4 Å². The lowest BCUT2D eigenvalue weighted by molar-refractivity contribution is -0.114. The van der Waals surface area contributed by atoms with Crippen LogP contribution in [0.2, 0.25) is 5.15 Å². The van der Waals surface area contributed by atoms with Crippen LogP contribution < -0.4 is 5.32 Å². The van der Waals surface area contributed by atoms with Crippen molar-refractivity contribution in [1.82, 2.24) is 9.97 Å². The summed E-state index contributed by atoms with van der Waals surface area (Å²) in [5.74, 6) is 0.0778. The summed E-state index contributed by atoms with van der Waals surface area (Å²) in [4.78, 5) is 18.0. The van der Waals surface area contributed by atoms with Crippen LogP contribution in [0.25, 0.3) is 0 Å². The minimum Gasteiger partial charge on any atom is -0.308 e. The highest BCUT2D eigenvalue weighted by atomic mass is 35.5. The molecule has 0 aliphatic carbocycles. The zero-order valence-corrected chi connectivity index (χ0v) is 6.59. The monoisotopic (exact) mass is 171 g/mol. The number of amides is 1. The molecule has 0 aliphatic rings. The van der Waals surface area contributed by atoms with E-state index >= 15 is 0 Å². The van der Waals surface area contributed by atoms with Gasteiger partial charge in [-0.05, 0) is 0 Å². The summed E-state index contributed by atoms with van der Waals surface area (Å²) in [6.07, 6.45) is 2.91. The second-order valence-corrected chi connectivity index (χ2v) is 2.23. The van der Waals surface area contributed by atoms with E-state index in [1.807, 2.05) is 0 Å². The van der Waals surface area contributed by atoms with Crippen LogP contribution in [0.1, 0.15) is 6.92 Å². The fraction of sp³-hybridized carbons (Fsp3) is 0.167. The predicted molar refractivity (Wildman–Crippen MR) is 41.3 cm³/mol. The summed E-state index contributed by atoms with van der Waals surface area (Å²) < 4.78 is 0. The molecule has 0 atom stereocenters. The molecule has 0 saturated heterocycles. The minimum absolute atomic E-state index is 0.197. The summed E-state index contributed by atoms with van der Waals surface area (Å²) in [6.45, 7) is 1.38. The first-order chi connectivity index (χ1) is 5.20. The normalized spacial score (nSPS) is 9.27.